The lowest BCUT2D eigenvalue weighted by Crippen LogP contribution is -2.33. The van der Waals surface area contributed by atoms with Gasteiger partial charge in [-0.1, -0.05) is 29.8 Å². The Morgan fingerprint density at radius 2 is 1.89 bits per heavy atom. The van der Waals surface area contributed by atoms with Crippen molar-refractivity contribution in [3.63, 3.8) is 0 Å². The number of carbonyl (C=O) groups is 2. The van der Waals surface area contributed by atoms with Crippen LogP contribution in [0.1, 0.15) is 30.5 Å². The molecule has 0 saturated heterocycles. The lowest BCUT2D eigenvalue weighted by Gasteiger charge is -2.21. The standard InChI is InChI=1S/C14H20N2O3/c1-10-5-7-12(8-6-10)13(15-11(2)17)9-14(18)16(3)19-4/h5-8,13H,9H2,1-4H3,(H,15,17). The zero-order valence-corrected chi connectivity index (χ0v) is 11.8. The van der Waals surface area contributed by atoms with Gasteiger partial charge in [-0.15, -0.1) is 0 Å². The molecule has 1 atom stereocenters. The molecule has 1 rings (SSSR count). The number of carbonyl (C=O) groups excluding carboxylic acids is 2. The molecule has 1 unspecified atom stereocenters. The molecule has 0 fully saturated rings. The molecule has 5 nitrogen and oxygen atoms in total. The molecule has 0 aliphatic heterocycles. The molecule has 1 N–H and O–H groups in total. The number of benzene rings is 1. The van der Waals surface area contributed by atoms with Crippen LogP contribution in [0.15, 0.2) is 24.3 Å². The Kier molecular flexibility index (Phi) is 5.51. The number of nitrogens with zero attached hydrogens (tertiary/aromatic N) is 1. The maximum absolute atomic E-state index is 11.9. The van der Waals surface area contributed by atoms with Crippen molar-refractivity contribution in [1.29, 1.82) is 0 Å². The second-order valence-corrected chi connectivity index (χ2v) is 4.44. The third kappa shape index (κ3) is 4.71. The van der Waals surface area contributed by atoms with Crippen LogP contribution in [0.25, 0.3) is 0 Å². The average Bonchev–Trinajstić information content (AvgIpc) is 2.37. The van der Waals surface area contributed by atoms with E-state index in [2.05, 4.69) is 5.32 Å². The fraction of sp³-hybridized carbons (Fsp3) is 0.429. The van der Waals surface area contributed by atoms with Crippen LogP contribution in [-0.2, 0) is 14.4 Å². The maximum Gasteiger partial charge on any atom is 0.248 e. The molecule has 0 aliphatic carbocycles. The third-order valence-corrected chi connectivity index (χ3v) is 2.86. The average molecular weight is 264 g/mol. The van der Waals surface area contributed by atoms with E-state index in [4.69, 9.17) is 4.84 Å². The molecule has 0 aromatic heterocycles. The van der Waals surface area contributed by atoms with Crippen molar-refractivity contribution < 1.29 is 14.4 Å². The minimum atomic E-state index is -0.344. The summed E-state index contributed by atoms with van der Waals surface area (Å²) in [5.74, 6) is -0.361. The van der Waals surface area contributed by atoms with Gasteiger partial charge < -0.3 is 5.32 Å². The van der Waals surface area contributed by atoms with Gasteiger partial charge in [0.1, 0.15) is 0 Å². The molecule has 0 spiro atoms. The minimum Gasteiger partial charge on any atom is -0.349 e. The largest absolute Gasteiger partial charge is 0.349 e. The van der Waals surface area contributed by atoms with Crippen molar-refractivity contribution in [3.8, 4) is 0 Å². The Morgan fingerprint density at radius 3 is 2.37 bits per heavy atom. The van der Waals surface area contributed by atoms with Gasteiger partial charge in [-0.2, -0.15) is 0 Å². The maximum atomic E-state index is 11.9. The molecule has 1 aromatic carbocycles. The normalized spacial score (nSPS) is 11.8. The Bertz CT molecular complexity index is 443. The smallest absolute Gasteiger partial charge is 0.248 e. The molecule has 0 heterocycles. The second kappa shape index (κ2) is 6.89. The predicted molar refractivity (Wildman–Crippen MR) is 72.1 cm³/mol. The quantitative estimate of drug-likeness (QED) is 0.821. The summed E-state index contributed by atoms with van der Waals surface area (Å²) >= 11 is 0. The molecule has 0 bridgehead atoms. The van der Waals surface area contributed by atoms with Gasteiger partial charge in [-0.25, -0.2) is 5.06 Å². The van der Waals surface area contributed by atoms with Gasteiger partial charge >= 0.3 is 0 Å². The number of hydrogen-bond donors (Lipinski definition) is 1. The van der Waals surface area contributed by atoms with Gasteiger partial charge in [0.15, 0.2) is 0 Å². The van der Waals surface area contributed by atoms with Crippen LogP contribution in [0.3, 0.4) is 0 Å². The fourth-order valence-corrected chi connectivity index (χ4v) is 1.70. The molecule has 5 heteroatoms. The van der Waals surface area contributed by atoms with Gasteiger partial charge in [0.25, 0.3) is 0 Å². The number of amides is 2. The molecule has 19 heavy (non-hydrogen) atoms. The SMILES string of the molecule is CON(C)C(=O)CC(NC(C)=O)c1ccc(C)cc1. The van der Waals surface area contributed by atoms with Crippen molar-refractivity contribution in [2.24, 2.45) is 0 Å². The second-order valence-electron chi connectivity index (χ2n) is 4.44. The molecular weight excluding hydrogens is 244 g/mol. The van der Waals surface area contributed by atoms with Crippen molar-refractivity contribution >= 4 is 11.8 Å². The van der Waals surface area contributed by atoms with E-state index in [0.29, 0.717) is 0 Å². The Hall–Kier alpha value is -1.88. The molecule has 104 valence electrons. The molecular formula is C14H20N2O3. The Labute approximate surface area is 113 Å². The van der Waals surface area contributed by atoms with Gasteiger partial charge in [0.05, 0.1) is 19.6 Å². The highest BCUT2D eigenvalue weighted by Gasteiger charge is 2.19. The fourth-order valence-electron chi connectivity index (χ4n) is 1.70. The predicted octanol–water partition coefficient (Wildman–Crippen LogP) is 1.58. The van der Waals surface area contributed by atoms with Crippen molar-refractivity contribution in [2.75, 3.05) is 14.2 Å². The number of aryl methyl sites for hydroxylation is 1. The van der Waals surface area contributed by atoms with Gasteiger partial charge in [-0.05, 0) is 12.5 Å². The zero-order chi connectivity index (χ0) is 14.4. The summed E-state index contributed by atoms with van der Waals surface area (Å²) < 4.78 is 0. The van der Waals surface area contributed by atoms with E-state index in [-0.39, 0.29) is 24.3 Å². The van der Waals surface area contributed by atoms with Crippen molar-refractivity contribution in [1.82, 2.24) is 10.4 Å². The number of rotatable bonds is 5. The first-order valence-corrected chi connectivity index (χ1v) is 6.08. The van der Waals surface area contributed by atoms with Gasteiger partial charge in [0.2, 0.25) is 11.8 Å². The Balaban J connectivity index is 2.85. The number of hydrogen-bond acceptors (Lipinski definition) is 3. The number of nitrogens with one attached hydrogen (secondary N) is 1. The van der Waals surface area contributed by atoms with Crippen LogP contribution in [0, 0.1) is 6.92 Å². The van der Waals surface area contributed by atoms with Gasteiger partial charge in [-0.3, -0.25) is 14.4 Å². The first-order chi connectivity index (χ1) is 8.93. The summed E-state index contributed by atoms with van der Waals surface area (Å²) in [6, 6.07) is 7.39. The summed E-state index contributed by atoms with van der Waals surface area (Å²) in [4.78, 5) is 27.9. The summed E-state index contributed by atoms with van der Waals surface area (Å²) in [5.41, 5.74) is 2.03. The van der Waals surface area contributed by atoms with Crippen LogP contribution < -0.4 is 5.32 Å². The molecule has 0 radical (unpaired) electrons. The highest BCUT2D eigenvalue weighted by molar-refractivity contribution is 5.78. The van der Waals surface area contributed by atoms with Crippen LogP contribution >= 0.6 is 0 Å². The summed E-state index contributed by atoms with van der Waals surface area (Å²) in [5, 5.41) is 3.94. The van der Waals surface area contributed by atoms with Crippen molar-refractivity contribution in [3.05, 3.63) is 35.4 Å². The number of hydroxylamine groups is 2. The third-order valence-electron chi connectivity index (χ3n) is 2.86. The summed E-state index contributed by atoms with van der Waals surface area (Å²) in [7, 11) is 2.97. The first kappa shape index (κ1) is 15.2. The molecule has 2 amide bonds. The molecule has 0 aliphatic rings. The molecule has 0 saturated carbocycles. The zero-order valence-electron chi connectivity index (χ0n) is 11.8. The van der Waals surface area contributed by atoms with E-state index in [1.807, 2.05) is 31.2 Å². The van der Waals surface area contributed by atoms with Crippen LogP contribution in [0.2, 0.25) is 0 Å². The van der Waals surface area contributed by atoms with Crippen molar-refractivity contribution in [2.45, 2.75) is 26.3 Å². The van der Waals surface area contributed by atoms with E-state index in [1.165, 1.54) is 14.0 Å². The van der Waals surface area contributed by atoms with E-state index in [9.17, 15) is 9.59 Å². The highest BCUT2D eigenvalue weighted by Crippen LogP contribution is 2.18. The topological polar surface area (TPSA) is 58.6 Å². The van der Waals surface area contributed by atoms with Crippen LogP contribution in [-0.4, -0.2) is 31.0 Å². The van der Waals surface area contributed by atoms with E-state index < -0.39 is 0 Å². The summed E-state index contributed by atoms with van der Waals surface area (Å²) in [6.45, 7) is 3.42. The van der Waals surface area contributed by atoms with Crippen LogP contribution in [0.4, 0.5) is 0 Å². The monoisotopic (exact) mass is 264 g/mol. The Morgan fingerprint density at radius 1 is 1.32 bits per heavy atom. The van der Waals surface area contributed by atoms with E-state index in [1.54, 1.807) is 7.05 Å². The lowest BCUT2D eigenvalue weighted by molar-refractivity contribution is -0.169. The van der Waals surface area contributed by atoms with Crippen LogP contribution in [0.5, 0.6) is 0 Å². The molecule has 1 aromatic rings. The summed E-state index contributed by atoms with van der Waals surface area (Å²) in [6.07, 6.45) is 0.160. The first-order valence-electron chi connectivity index (χ1n) is 6.08. The highest BCUT2D eigenvalue weighted by atomic mass is 16.7. The minimum absolute atomic E-state index is 0.160. The van der Waals surface area contributed by atoms with E-state index in [0.717, 1.165) is 16.2 Å². The van der Waals surface area contributed by atoms with Gasteiger partial charge in [0, 0.05) is 14.0 Å². The lowest BCUT2D eigenvalue weighted by atomic mass is 10.0. The van der Waals surface area contributed by atoms with E-state index >= 15 is 0 Å².